The number of nitrogen functional groups attached to an aromatic ring is 1. The Hall–Kier alpha value is -3.48. The molecule has 2 aliphatic heterocycles. The fourth-order valence-electron chi connectivity index (χ4n) is 6.99. The first-order valence-electron chi connectivity index (χ1n) is 14.9. The average Bonchev–Trinajstić information content (AvgIpc) is 3.28. The predicted molar refractivity (Wildman–Crippen MR) is 157 cm³/mol. The van der Waals surface area contributed by atoms with Gasteiger partial charge in [0.1, 0.15) is 24.4 Å². The number of nitrogens with two attached hydrogens (primary N) is 1. The third kappa shape index (κ3) is 6.07. The summed E-state index contributed by atoms with van der Waals surface area (Å²) in [6.45, 7) is 10.4. The average molecular weight is 623 g/mol. The highest BCUT2D eigenvalue weighted by atomic mass is 19.4. The minimum atomic E-state index is -4.78. The molecule has 8 nitrogen and oxygen atoms in total. The Balaban J connectivity index is 1.55. The fourth-order valence-corrected chi connectivity index (χ4v) is 6.99. The van der Waals surface area contributed by atoms with Gasteiger partial charge in [-0.3, -0.25) is 9.69 Å². The molecule has 1 aromatic heterocycles. The summed E-state index contributed by atoms with van der Waals surface area (Å²) in [5.41, 5.74) is 5.16. The van der Waals surface area contributed by atoms with Gasteiger partial charge in [0.25, 0.3) is 0 Å². The Bertz CT molecular complexity index is 1440. The number of alkyl halides is 4. The lowest BCUT2D eigenvalue weighted by atomic mass is 9.73. The quantitative estimate of drug-likeness (QED) is 0.284. The van der Waals surface area contributed by atoms with Crippen molar-refractivity contribution in [1.82, 2.24) is 19.8 Å². The Morgan fingerprint density at radius 3 is 2.55 bits per heavy atom. The minimum absolute atomic E-state index is 0.0183. The van der Waals surface area contributed by atoms with Crippen LogP contribution in [0.5, 0.6) is 6.01 Å². The molecule has 240 valence electrons. The molecule has 0 saturated carbocycles. The minimum Gasteiger partial charge on any atom is -0.462 e. The number of carbonyl (C=O) groups is 1. The van der Waals surface area contributed by atoms with Crippen molar-refractivity contribution in [2.24, 2.45) is 5.92 Å². The number of hydrogen-bond donors (Lipinski definition) is 1. The third-order valence-electron chi connectivity index (χ3n) is 9.28. The van der Waals surface area contributed by atoms with Crippen LogP contribution in [-0.2, 0) is 23.8 Å². The van der Waals surface area contributed by atoms with E-state index in [-0.39, 0.29) is 48.3 Å². The number of aromatic nitrogens is 2. The number of nitrogens with zero attached hydrogens (tertiary/aromatic N) is 5. The van der Waals surface area contributed by atoms with E-state index >= 15 is 4.39 Å². The number of hydrogen-bond acceptors (Lipinski definition) is 7. The first-order chi connectivity index (χ1) is 20.7. The van der Waals surface area contributed by atoms with Crippen LogP contribution >= 0.6 is 0 Å². The zero-order valence-corrected chi connectivity index (χ0v) is 25.4. The molecule has 0 spiro atoms. The van der Waals surface area contributed by atoms with Gasteiger partial charge in [-0.25, -0.2) is 8.78 Å². The molecule has 1 amide bonds. The zero-order valence-electron chi connectivity index (χ0n) is 25.4. The Morgan fingerprint density at radius 1 is 1.20 bits per heavy atom. The molecule has 2 fully saturated rings. The zero-order chi connectivity index (χ0) is 32.1. The predicted octanol–water partition coefficient (Wildman–Crippen LogP) is 4.69. The normalized spacial score (nSPS) is 26.1. The monoisotopic (exact) mass is 622 g/mol. The van der Waals surface area contributed by atoms with E-state index in [1.165, 1.54) is 13.0 Å². The highest BCUT2D eigenvalue weighted by Crippen LogP contribution is 2.47. The Morgan fingerprint density at radius 2 is 1.93 bits per heavy atom. The smallest absolute Gasteiger partial charge is 0.417 e. The van der Waals surface area contributed by atoms with Crippen molar-refractivity contribution in [1.29, 1.82) is 0 Å². The number of likely N-dealkylation sites (N-methyl/N-ethyl adjacent to an activating group) is 1. The molecule has 0 bridgehead atoms. The van der Waals surface area contributed by atoms with Gasteiger partial charge in [0.05, 0.1) is 16.9 Å². The summed E-state index contributed by atoms with van der Waals surface area (Å²) < 4.78 is 78.5. The van der Waals surface area contributed by atoms with Crippen LogP contribution in [0.1, 0.15) is 54.1 Å². The Labute approximate surface area is 254 Å². The van der Waals surface area contributed by atoms with Crippen molar-refractivity contribution in [2.75, 3.05) is 50.5 Å². The van der Waals surface area contributed by atoms with Crippen molar-refractivity contribution < 1.29 is 31.5 Å². The van der Waals surface area contributed by atoms with Crippen LogP contribution in [0.4, 0.5) is 33.5 Å². The number of ether oxygens (including phenoxy) is 1. The van der Waals surface area contributed by atoms with Crippen LogP contribution < -0.4 is 15.4 Å². The van der Waals surface area contributed by atoms with Crippen LogP contribution in [-0.4, -0.2) is 83.8 Å². The van der Waals surface area contributed by atoms with E-state index in [1.807, 2.05) is 18.9 Å². The summed E-state index contributed by atoms with van der Waals surface area (Å²) in [6.07, 6.45) is -3.85. The van der Waals surface area contributed by atoms with Crippen LogP contribution in [0.25, 0.3) is 0 Å². The summed E-state index contributed by atoms with van der Waals surface area (Å²) in [6, 6.07) is 0.716. The number of benzene rings is 1. The number of rotatable bonds is 6. The molecular formula is C31H39F5N6O2. The van der Waals surface area contributed by atoms with Crippen LogP contribution in [0.15, 0.2) is 18.7 Å². The van der Waals surface area contributed by atoms with E-state index in [0.29, 0.717) is 50.5 Å². The molecule has 44 heavy (non-hydrogen) atoms. The second-order valence-corrected chi connectivity index (χ2v) is 12.4. The number of aryl methyl sites for hydroxylation is 1. The standard InChI is InChI=1S/C31H39F5N6O2/c1-6-25(43)41-7-8-42(18(4)13-41)29-22-9-16(2)21(26-27(31(34,35)36)17(3)10-23(37)28(26)33)12-24(22)38-30(39-29)44-15-20-11-19(32)14-40(20)5/h6,10,16,18-21H,1,7-9,11-15,37H2,2-5H3/t16-,18-,19+,20-,21-/m0/s1. The van der Waals surface area contributed by atoms with E-state index in [2.05, 4.69) is 16.5 Å². The summed E-state index contributed by atoms with van der Waals surface area (Å²) in [5, 5.41) is 0. The third-order valence-corrected chi connectivity index (χ3v) is 9.28. The molecule has 3 aliphatic rings. The molecule has 0 unspecified atom stereocenters. The maximum atomic E-state index is 15.5. The van der Waals surface area contributed by atoms with Crippen molar-refractivity contribution in [3.05, 3.63) is 52.5 Å². The molecule has 5 rings (SSSR count). The van der Waals surface area contributed by atoms with E-state index in [0.717, 1.165) is 11.6 Å². The van der Waals surface area contributed by atoms with Gasteiger partial charge in [-0.15, -0.1) is 0 Å². The molecular weight excluding hydrogens is 583 g/mol. The van der Waals surface area contributed by atoms with Crippen LogP contribution in [0.3, 0.4) is 0 Å². The highest BCUT2D eigenvalue weighted by molar-refractivity contribution is 5.87. The molecule has 2 saturated heterocycles. The lowest BCUT2D eigenvalue weighted by molar-refractivity contribution is -0.139. The lowest BCUT2D eigenvalue weighted by Gasteiger charge is -2.42. The second-order valence-electron chi connectivity index (χ2n) is 12.4. The summed E-state index contributed by atoms with van der Waals surface area (Å²) >= 11 is 0. The van der Waals surface area contributed by atoms with E-state index < -0.39 is 41.1 Å². The summed E-state index contributed by atoms with van der Waals surface area (Å²) in [4.78, 5) is 27.3. The van der Waals surface area contributed by atoms with Gasteiger partial charge in [-0.05, 0) is 69.7 Å². The van der Waals surface area contributed by atoms with Crippen LogP contribution in [0.2, 0.25) is 0 Å². The van der Waals surface area contributed by atoms with Gasteiger partial charge in [0.15, 0.2) is 0 Å². The molecule has 2 aromatic rings. The summed E-state index contributed by atoms with van der Waals surface area (Å²) in [7, 11) is 1.81. The highest BCUT2D eigenvalue weighted by Gasteiger charge is 2.43. The molecule has 0 radical (unpaired) electrons. The number of anilines is 2. The van der Waals surface area contributed by atoms with E-state index in [9.17, 15) is 22.4 Å². The van der Waals surface area contributed by atoms with Gasteiger partial charge < -0.3 is 20.3 Å². The second kappa shape index (κ2) is 12.1. The molecule has 2 N–H and O–H groups in total. The topological polar surface area (TPSA) is 87.8 Å². The molecule has 1 aromatic carbocycles. The van der Waals surface area contributed by atoms with Crippen molar-refractivity contribution >= 4 is 17.4 Å². The van der Waals surface area contributed by atoms with E-state index in [4.69, 9.17) is 15.5 Å². The van der Waals surface area contributed by atoms with Gasteiger partial charge in [-0.2, -0.15) is 23.1 Å². The first-order valence-corrected chi connectivity index (χ1v) is 14.9. The SMILES string of the molecule is C=CC(=O)N1CCN(c2nc(OC[C@@H]3C[C@@H](F)CN3C)nc3c2C[C@H](C)[C@@H](c2c(F)c(N)cc(C)c2C(F)(F)F)C3)[C@@H](C)C1. The largest absolute Gasteiger partial charge is 0.462 e. The van der Waals surface area contributed by atoms with Gasteiger partial charge >= 0.3 is 12.2 Å². The summed E-state index contributed by atoms with van der Waals surface area (Å²) in [5.74, 6) is -1.91. The maximum Gasteiger partial charge on any atom is 0.417 e. The van der Waals surface area contributed by atoms with Crippen molar-refractivity contribution in [2.45, 2.75) is 70.4 Å². The number of likely N-dealkylation sites (tertiary alicyclic amines) is 1. The Kier molecular flexibility index (Phi) is 8.80. The molecule has 5 atom stereocenters. The number of halogens is 5. The van der Waals surface area contributed by atoms with Crippen molar-refractivity contribution in [3.63, 3.8) is 0 Å². The number of carbonyl (C=O) groups excluding carboxylic acids is 1. The molecule has 1 aliphatic carbocycles. The first kappa shape index (κ1) is 31.9. The van der Waals surface area contributed by atoms with Crippen molar-refractivity contribution in [3.8, 4) is 6.01 Å². The van der Waals surface area contributed by atoms with Gasteiger partial charge in [0, 0.05) is 49.4 Å². The van der Waals surface area contributed by atoms with Gasteiger partial charge in [0.2, 0.25) is 5.91 Å². The number of piperazine rings is 1. The number of amides is 1. The molecule has 13 heteroatoms. The lowest BCUT2D eigenvalue weighted by Crippen LogP contribution is -2.54. The molecule has 3 heterocycles. The van der Waals surface area contributed by atoms with Crippen LogP contribution in [0, 0.1) is 18.7 Å². The van der Waals surface area contributed by atoms with E-state index in [1.54, 1.807) is 11.8 Å². The van der Waals surface area contributed by atoms with Gasteiger partial charge in [-0.1, -0.05) is 13.5 Å². The number of fused-ring (bicyclic) bond motifs is 1. The fraction of sp³-hybridized carbons (Fsp3) is 0.581. The maximum absolute atomic E-state index is 15.5.